The highest BCUT2D eigenvalue weighted by Crippen LogP contribution is 2.30. The highest BCUT2D eigenvalue weighted by Gasteiger charge is 2.29. The molecule has 186 valence electrons. The molecule has 1 aromatic heterocycles. The molecule has 1 saturated heterocycles. The van der Waals surface area contributed by atoms with E-state index in [9.17, 15) is 8.42 Å². The van der Waals surface area contributed by atoms with Crippen molar-refractivity contribution >= 4 is 15.8 Å². The number of aromatic nitrogens is 2. The summed E-state index contributed by atoms with van der Waals surface area (Å²) < 4.78 is 32.3. The van der Waals surface area contributed by atoms with Gasteiger partial charge in [-0.1, -0.05) is 56.3 Å². The summed E-state index contributed by atoms with van der Waals surface area (Å²) in [6, 6.07) is 18.1. The standard InChI is InChI=1S/C27H34N4O3S/c1-4-18-35(32,33)31-16-14-30(15-17-31)27-24(20-21-10-9-13-23(19-21)34-3)25(5-2)28-26(29-27)22-11-7-6-8-12-22/h6-13,19H,4-5,14-18,20H2,1-3H3. The number of piperazine rings is 1. The molecule has 8 heteroatoms. The molecule has 0 unspecified atom stereocenters. The Labute approximate surface area is 208 Å². The van der Waals surface area contributed by atoms with Gasteiger partial charge in [-0.15, -0.1) is 0 Å². The quantitative estimate of drug-likeness (QED) is 0.445. The molecule has 0 spiro atoms. The van der Waals surface area contributed by atoms with Crippen LogP contribution in [-0.2, 0) is 22.9 Å². The minimum atomic E-state index is -3.21. The molecule has 1 aliphatic rings. The molecule has 7 nitrogen and oxygen atoms in total. The van der Waals surface area contributed by atoms with Crippen LogP contribution in [0.25, 0.3) is 11.4 Å². The van der Waals surface area contributed by atoms with Crippen LogP contribution >= 0.6 is 0 Å². The molecule has 0 saturated carbocycles. The van der Waals surface area contributed by atoms with Crippen molar-refractivity contribution in [3.63, 3.8) is 0 Å². The molecular weight excluding hydrogens is 460 g/mol. The number of sulfonamides is 1. The van der Waals surface area contributed by atoms with E-state index >= 15 is 0 Å². The van der Waals surface area contributed by atoms with Crippen LogP contribution in [0.1, 0.15) is 37.1 Å². The summed E-state index contributed by atoms with van der Waals surface area (Å²) in [6.45, 7) is 6.15. The summed E-state index contributed by atoms with van der Waals surface area (Å²) in [7, 11) is -1.54. The van der Waals surface area contributed by atoms with Crippen LogP contribution in [-0.4, -0.2) is 61.7 Å². The van der Waals surface area contributed by atoms with Gasteiger partial charge in [0.1, 0.15) is 11.6 Å². The number of nitrogens with zero attached hydrogens (tertiary/aromatic N) is 4. The Balaban J connectivity index is 1.73. The maximum atomic E-state index is 12.6. The SMILES string of the molecule is CCCS(=O)(=O)N1CCN(c2nc(-c3ccccc3)nc(CC)c2Cc2cccc(OC)c2)CC1. The van der Waals surface area contributed by atoms with E-state index < -0.39 is 10.0 Å². The highest BCUT2D eigenvalue weighted by molar-refractivity contribution is 7.89. The number of ether oxygens (including phenoxy) is 1. The molecule has 4 rings (SSSR count). The molecule has 1 fully saturated rings. The van der Waals surface area contributed by atoms with E-state index in [0.717, 1.165) is 40.4 Å². The average Bonchev–Trinajstić information content (AvgIpc) is 2.89. The number of hydrogen-bond donors (Lipinski definition) is 0. The van der Waals surface area contributed by atoms with Crippen LogP contribution in [0.5, 0.6) is 5.75 Å². The van der Waals surface area contributed by atoms with E-state index in [2.05, 4.69) is 17.9 Å². The van der Waals surface area contributed by atoms with Crippen molar-refractivity contribution in [1.82, 2.24) is 14.3 Å². The summed E-state index contributed by atoms with van der Waals surface area (Å²) in [5.74, 6) is 2.61. The van der Waals surface area contributed by atoms with Gasteiger partial charge in [0, 0.05) is 49.4 Å². The zero-order chi connectivity index (χ0) is 24.8. The van der Waals surface area contributed by atoms with Crippen molar-refractivity contribution < 1.29 is 13.2 Å². The van der Waals surface area contributed by atoms with Gasteiger partial charge < -0.3 is 9.64 Å². The molecule has 0 aliphatic carbocycles. The zero-order valence-corrected chi connectivity index (χ0v) is 21.6. The van der Waals surface area contributed by atoms with Gasteiger partial charge in [0.2, 0.25) is 10.0 Å². The van der Waals surface area contributed by atoms with E-state index in [0.29, 0.717) is 44.8 Å². The van der Waals surface area contributed by atoms with Gasteiger partial charge >= 0.3 is 0 Å². The molecular formula is C27H34N4O3S. The number of anilines is 1. The fraction of sp³-hybridized carbons (Fsp3) is 0.407. The van der Waals surface area contributed by atoms with Crippen molar-refractivity contribution in [2.75, 3.05) is 43.9 Å². The summed E-state index contributed by atoms with van der Waals surface area (Å²) >= 11 is 0. The Morgan fingerprint density at radius 3 is 2.34 bits per heavy atom. The lowest BCUT2D eigenvalue weighted by Crippen LogP contribution is -2.49. The molecule has 0 amide bonds. The van der Waals surface area contributed by atoms with E-state index in [-0.39, 0.29) is 5.75 Å². The largest absolute Gasteiger partial charge is 0.497 e. The monoisotopic (exact) mass is 494 g/mol. The minimum absolute atomic E-state index is 0.194. The lowest BCUT2D eigenvalue weighted by atomic mass is 10.0. The smallest absolute Gasteiger partial charge is 0.214 e. The van der Waals surface area contributed by atoms with Gasteiger partial charge in [0.05, 0.1) is 12.9 Å². The van der Waals surface area contributed by atoms with Crippen molar-refractivity contribution in [3.8, 4) is 17.1 Å². The van der Waals surface area contributed by atoms with Crippen LogP contribution in [0.15, 0.2) is 54.6 Å². The zero-order valence-electron chi connectivity index (χ0n) is 20.8. The Bertz CT molecular complexity index is 1240. The summed E-state index contributed by atoms with van der Waals surface area (Å²) in [5, 5.41) is 0. The van der Waals surface area contributed by atoms with E-state index in [1.165, 1.54) is 0 Å². The fourth-order valence-corrected chi connectivity index (χ4v) is 6.01. The van der Waals surface area contributed by atoms with Crippen molar-refractivity contribution in [1.29, 1.82) is 0 Å². The molecule has 0 radical (unpaired) electrons. The van der Waals surface area contributed by atoms with Crippen LogP contribution < -0.4 is 9.64 Å². The average molecular weight is 495 g/mol. The molecule has 1 aliphatic heterocycles. The van der Waals surface area contributed by atoms with Crippen LogP contribution in [0.3, 0.4) is 0 Å². The van der Waals surface area contributed by atoms with Crippen molar-refractivity contribution in [3.05, 3.63) is 71.4 Å². The third-order valence-electron chi connectivity index (χ3n) is 6.35. The second-order valence-corrected chi connectivity index (χ2v) is 10.8. The Morgan fingerprint density at radius 2 is 1.69 bits per heavy atom. The lowest BCUT2D eigenvalue weighted by Gasteiger charge is -2.36. The molecule has 2 heterocycles. The number of methoxy groups -OCH3 is 1. The highest BCUT2D eigenvalue weighted by atomic mass is 32.2. The predicted octanol–water partition coefficient (Wildman–Crippen LogP) is 4.17. The first-order chi connectivity index (χ1) is 16.9. The van der Waals surface area contributed by atoms with E-state index in [4.69, 9.17) is 14.7 Å². The predicted molar refractivity (Wildman–Crippen MR) is 141 cm³/mol. The number of hydrogen-bond acceptors (Lipinski definition) is 6. The Hall–Kier alpha value is -2.97. The second kappa shape index (κ2) is 11.2. The molecule has 0 atom stereocenters. The first kappa shape index (κ1) is 25.1. The molecule has 2 aromatic carbocycles. The first-order valence-corrected chi connectivity index (χ1v) is 13.9. The minimum Gasteiger partial charge on any atom is -0.497 e. The number of aryl methyl sites for hydroxylation is 1. The molecule has 3 aromatic rings. The topological polar surface area (TPSA) is 75.6 Å². The maximum Gasteiger partial charge on any atom is 0.214 e. The molecule has 35 heavy (non-hydrogen) atoms. The third-order valence-corrected chi connectivity index (χ3v) is 8.42. The van der Waals surface area contributed by atoms with Gasteiger partial charge in [-0.3, -0.25) is 0 Å². The van der Waals surface area contributed by atoms with Crippen molar-refractivity contribution in [2.24, 2.45) is 0 Å². The third kappa shape index (κ3) is 5.82. The Morgan fingerprint density at radius 1 is 0.943 bits per heavy atom. The Kier molecular flexibility index (Phi) is 8.03. The molecule has 0 bridgehead atoms. The number of benzene rings is 2. The van der Waals surface area contributed by atoms with Crippen LogP contribution in [0.2, 0.25) is 0 Å². The molecule has 0 N–H and O–H groups in total. The second-order valence-electron chi connectivity index (χ2n) is 8.75. The summed E-state index contributed by atoms with van der Waals surface area (Å²) in [4.78, 5) is 12.2. The van der Waals surface area contributed by atoms with E-state index in [1.807, 2.05) is 55.5 Å². The van der Waals surface area contributed by atoms with Crippen LogP contribution in [0.4, 0.5) is 5.82 Å². The van der Waals surface area contributed by atoms with E-state index in [1.54, 1.807) is 11.4 Å². The van der Waals surface area contributed by atoms with Crippen LogP contribution in [0, 0.1) is 0 Å². The van der Waals surface area contributed by atoms with Gasteiger partial charge in [-0.25, -0.2) is 18.4 Å². The maximum absolute atomic E-state index is 12.6. The normalized spacial score (nSPS) is 14.8. The van der Waals surface area contributed by atoms with Crippen molar-refractivity contribution in [2.45, 2.75) is 33.1 Å². The lowest BCUT2D eigenvalue weighted by molar-refractivity contribution is 0.383. The summed E-state index contributed by atoms with van der Waals surface area (Å²) in [5.41, 5.74) is 4.20. The first-order valence-electron chi connectivity index (χ1n) is 12.3. The number of rotatable bonds is 9. The van der Waals surface area contributed by atoms with Gasteiger partial charge in [0.25, 0.3) is 0 Å². The van der Waals surface area contributed by atoms with Gasteiger partial charge in [-0.05, 0) is 30.5 Å². The van der Waals surface area contributed by atoms with Gasteiger partial charge in [-0.2, -0.15) is 4.31 Å². The fourth-order valence-electron chi connectivity index (χ4n) is 4.52. The van der Waals surface area contributed by atoms with Gasteiger partial charge in [0.15, 0.2) is 5.82 Å². The summed E-state index contributed by atoms with van der Waals surface area (Å²) in [6.07, 6.45) is 2.08.